The first-order valence-electron chi connectivity index (χ1n) is 5.85. The van der Waals surface area contributed by atoms with Crippen molar-refractivity contribution < 1.29 is 18.3 Å². The summed E-state index contributed by atoms with van der Waals surface area (Å²) >= 11 is 0. The lowest BCUT2D eigenvalue weighted by molar-refractivity contribution is 0.197. The fourth-order valence-electron chi connectivity index (χ4n) is 1.40. The summed E-state index contributed by atoms with van der Waals surface area (Å²) in [6.45, 7) is 3.94. The molecule has 0 fully saturated rings. The molecular weight excluding hydrogens is 267 g/mol. The summed E-state index contributed by atoms with van der Waals surface area (Å²) in [5.41, 5.74) is 6.39. The van der Waals surface area contributed by atoms with E-state index in [2.05, 4.69) is 0 Å². The molecular formula is C12H17N2O4P. The van der Waals surface area contributed by atoms with Crippen LogP contribution in [-0.2, 0) is 13.6 Å². The van der Waals surface area contributed by atoms with Crippen LogP contribution in [0.2, 0.25) is 0 Å². The molecule has 0 heterocycles. The van der Waals surface area contributed by atoms with Crippen LogP contribution in [0.1, 0.15) is 19.4 Å². The van der Waals surface area contributed by atoms with E-state index in [1.807, 2.05) is 6.07 Å². The molecule has 0 saturated heterocycles. The Bertz CT molecular complexity index is 503. The Morgan fingerprint density at radius 2 is 1.95 bits per heavy atom. The van der Waals surface area contributed by atoms with Crippen LogP contribution < -0.4 is 10.5 Å². The summed E-state index contributed by atoms with van der Waals surface area (Å²) < 4.78 is 27.7. The van der Waals surface area contributed by atoms with E-state index in [-0.39, 0.29) is 25.3 Å². The van der Waals surface area contributed by atoms with Gasteiger partial charge in [0.2, 0.25) is 0 Å². The van der Waals surface area contributed by atoms with Crippen LogP contribution in [0.25, 0.3) is 0 Å². The molecule has 0 aromatic heterocycles. The third kappa shape index (κ3) is 4.56. The third-order valence-electron chi connectivity index (χ3n) is 2.16. The number of hydrogen-bond donors (Lipinski definition) is 1. The fourth-order valence-corrected chi connectivity index (χ4v) is 2.71. The van der Waals surface area contributed by atoms with Crippen LogP contribution >= 0.6 is 7.60 Å². The van der Waals surface area contributed by atoms with E-state index in [0.29, 0.717) is 11.3 Å². The minimum absolute atomic E-state index is 0.253. The third-order valence-corrected chi connectivity index (χ3v) is 3.90. The minimum atomic E-state index is -3.30. The molecule has 1 aromatic carbocycles. The SMILES string of the molecule is CCOP(=O)(COc1cc(N)ccc1C#N)OCC. The smallest absolute Gasteiger partial charge is 0.367 e. The van der Waals surface area contributed by atoms with E-state index < -0.39 is 7.60 Å². The van der Waals surface area contributed by atoms with Crippen LogP contribution in [-0.4, -0.2) is 19.6 Å². The van der Waals surface area contributed by atoms with Gasteiger partial charge in [-0.25, -0.2) is 0 Å². The molecule has 0 bridgehead atoms. The fraction of sp³-hybridized carbons (Fsp3) is 0.417. The maximum atomic E-state index is 12.2. The second kappa shape index (κ2) is 7.15. The van der Waals surface area contributed by atoms with Crippen molar-refractivity contribution in [1.29, 1.82) is 5.26 Å². The monoisotopic (exact) mass is 284 g/mol. The molecule has 1 rings (SSSR count). The summed E-state index contributed by atoms with van der Waals surface area (Å²) in [6.07, 6.45) is -0.257. The van der Waals surface area contributed by atoms with Crippen LogP contribution in [0.5, 0.6) is 5.75 Å². The van der Waals surface area contributed by atoms with Gasteiger partial charge in [0.05, 0.1) is 18.8 Å². The van der Waals surface area contributed by atoms with Gasteiger partial charge in [-0.05, 0) is 26.0 Å². The van der Waals surface area contributed by atoms with E-state index >= 15 is 0 Å². The number of anilines is 1. The van der Waals surface area contributed by atoms with Gasteiger partial charge >= 0.3 is 7.60 Å². The van der Waals surface area contributed by atoms with Crippen molar-refractivity contribution in [3.63, 3.8) is 0 Å². The summed E-state index contributed by atoms with van der Waals surface area (Å²) in [5, 5.41) is 8.94. The summed E-state index contributed by atoms with van der Waals surface area (Å²) in [5.74, 6) is 0.266. The van der Waals surface area contributed by atoms with E-state index in [9.17, 15) is 4.57 Å². The van der Waals surface area contributed by atoms with Gasteiger partial charge in [-0.15, -0.1) is 0 Å². The minimum Gasteiger partial charge on any atom is -0.479 e. The number of nitrogens with zero attached hydrogens (tertiary/aromatic N) is 1. The zero-order valence-corrected chi connectivity index (χ0v) is 11.9. The average Bonchev–Trinajstić information content (AvgIpc) is 2.37. The van der Waals surface area contributed by atoms with Gasteiger partial charge < -0.3 is 19.5 Å². The highest BCUT2D eigenvalue weighted by molar-refractivity contribution is 7.53. The van der Waals surface area contributed by atoms with Crippen LogP contribution in [0.15, 0.2) is 18.2 Å². The lowest BCUT2D eigenvalue weighted by atomic mass is 10.2. The Morgan fingerprint density at radius 3 is 2.47 bits per heavy atom. The molecule has 0 unspecified atom stereocenters. The second-order valence-electron chi connectivity index (χ2n) is 3.59. The lowest BCUT2D eigenvalue weighted by Gasteiger charge is -2.17. The zero-order valence-electron chi connectivity index (χ0n) is 11.0. The van der Waals surface area contributed by atoms with Crippen LogP contribution in [0.3, 0.4) is 0 Å². The van der Waals surface area contributed by atoms with Crippen molar-refractivity contribution in [2.24, 2.45) is 0 Å². The molecule has 0 aliphatic rings. The maximum Gasteiger partial charge on any atom is 0.367 e. The van der Waals surface area contributed by atoms with Crippen molar-refractivity contribution in [2.75, 3.05) is 25.3 Å². The molecule has 0 spiro atoms. The Balaban J connectivity index is 2.82. The number of rotatable bonds is 7. The number of hydrogen-bond acceptors (Lipinski definition) is 6. The average molecular weight is 284 g/mol. The highest BCUT2D eigenvalue weighted by atomic mass is 31.2. The Morgan fingerprint density at radius 1 is 1.32 bits per heavy atom. The van der Waals surface area contributed by atoms with E-state index in [1.165, 1.54) is 12.1 Å². The first kappa shape index (κ1) is 15.5. The van der Waals surface area contributed by atoms with Gasteiger partial charge in [0, 0.05) is 11.8 Å². The van der Waals surface area contributed by atoms with Crippen molar-refractivity contribution in [1.82, 2.24) is 0 Å². The van der Waals surface area contributed by atoms with Gasteiger partial charge in [0.25, 0.3) is 0 Å². The molecule has 2 N–H and O–H groups in total. The van der Waals surface area contributed by atoms with Gasteiger partial charge in [0.15, 0.2) is 6.35 Å². The van der Waals surface area contributed by atoms with Crippen molar-refractivity contribution in [3.8, 4) is 11.8 Å². The maximum absolute atomic E-state index is 12.2. The first-order valence-corrected chi connectivity index (χ1v) is 7.58. The highest BCUT2D eigenvalue weighted by Gasteiger charge is 2.25. The van der Waals surface area contributed by atoms with Gasteiger partial charge in [-0.2, -0.15) is 5.26 Å². The molecule has 104 valence electrons. The molecule has 0 saturated carbocycles. The van der Waals surface area contributed by atoms with E-state index in [1.54, 1.807) is 19.9 Å². The number of benzene rings is 1. The number of ether oxygens (including phenoxy) is 1. The van der Waals surface area contributed by atoms with Gasteiger partial charge in [-0.3, -0.25) is 4.57 Å². The number of nitrogens with two attached hydrogens (primary N) is 1. The molecule has 6 nitrogen and oxygen atoms in total. The van der Waals surface area contributed by atoms with E-state index in [4.69, 9.17) is 24.8 Å². The Labute approximate surface area is 112 Å². The lowest BCUT2D eigenvalue weighted by Crippen LogP contribution is -2.06. The molecule has 0 aliphatic carbocycles. The Hall–Kier alpha value is -1.54. The Kier molecular flexibility index (Phi) is 5.84. The van der Waals surface area contributed by atoms with E-state index in [0.717, 1.165) is 0 Å². The van der Waals surface area contributed by atoms with Gasteiger partial charge in [0.1, 0.15) is 11.8 Å². The topological polar surface area (TPSA) is 94.6 Å². The predicted octanol–water partition coefficient (Wildman–Crippen LogP) is 2.74. The molecule has 0 atom stereocenters. The van der Waals surface area contributed by atoms with Crippen molar-refractivity contribution in [3.05, 3.63) is 23.8 Å². The quantitative estimate of drug-likeness (QED) is 0.611. The standard InChI is InChI=1S/C12H17N2O4P/c1-3-17-19(15,18-4-2)9-16-12-7-11(14)6-5-10(12)8-13/h5-7H,3-4,9,14H2,1-2H3. The molecule has 0 radical (unpaired) electrons. The first-order chi connectivity index (χ1) is 9.04. The van der Waals surface area contributed by atoms with Crippen LogP contribution in [0.4, 0.5) is 5.69 Å². The van der Waals surface area contributed by atoms with Crippen molar-refractivity contribution >= 4 is 13.3 Å². The largest absolute Gasteiger partial charge is 0.479 e. The van der Waals surface area contributed by atoms with Gasteiger partial charge in [-0.1, -0.05) is 0 Å². The molecule has 0 amide bonds. The zero-order chi connectivity index (χ0) is 14.3. The summed E-state index contributed by atoms with van der Waals surface area (Å²) in [4.78, 5) is 0. The molecule has 7 heteroatoms. The normalized spacial score (nSPS) is 11.0. The highest BCUT2D eigenvalue weighted by Crippen LogP contribution is 2.48. The molecule has 1 aromatic rings. The summed E-state index contributed by atoms with van der Waals surface area (Å²) in [6, 6.07) is 6.60. The number of nitrogen functional groups attached to an aromatic ring is 1. The predicted molar refractivity (Wildman–Crippen MR) is 71.9 cm³/mol. The summed E-state index contributed by atoms with van der Waals surface area (Å²) in [7, 11) is -3.30. The van der Waals surface area contributed by atoms with Crippen molar-refractivity contribution in [2.45, 2.75) is 13.8 Å². The molecule has 0 aliphatic heterocycles. The molecule has 19 heavy (non-hydrogen) atoms. The number of nitriles is 1. The van der Waals surface area contributed by atoms with Crippen LogP contribution in [0, 0.1) is 11.3 Å². The second-order valence-corrected chi connectivity index (χ2v) is 5.58.